The maximum Gasteiger partial charge on any atom is 0.135 e. The highest BCUT2D eigenvalue weighted by Gasteiger charge is 2.10. The van der Waals surface area contributed by atoms with Crippen LogP contribution in [0.25, 0.3) is 0 Å². The minimum Gasteiger partial charge on any atom is -0.373 e. The maximum absolute atomic E-state index is 4.56. The summed E-state index contributed by atoms with van der Waals surface area (Å²) in [5.74, 6) is 2.81. The molecule has 0 amide bonds. The largest absolute Gasteiger partial charge is 0.373 e. The van der Waals surface area contributed by atoms with E-state index in [1.54, 1.807) is 6.20 Å². The predicted molar refractivity (Wildman–Crippen MR) is 81.0 cm³/mol. The molecule has 20 heavy (non-hydrogen) atoms. The Labute approximate surface area is 119 Å². The fraction of sp³-hybridized carbons (Fsp3) is 0.500. The van der Waals surface area contributed by atoms with Gasteiger partial charge in [-0.25, -0.2) is 9.97 Å². The molecule has 6 nitrogen and oxygen atoms in total. The van der Waals surface area contributed by atoms with Crippen LogP contribution in [0.5, 0.6) is 0 Å². The number of hydrogen-bond donors (Lipinski definition) is 2. The van der Waals surface area contributed by atoms with Gasteiger partial charge in [-0.15, -0.1) is 0 Å². The molecule has 0 aliphatic heterocycles. The first-order valence-electron chi connectivity index (χ1n) is 6.89. The summed E-state index contributed by atoms with van der Waals surface area (Å²) in [5, 5.41) is 10.7. The monoisotopic (exact) mass is 274 g/mol. The zero-order chi connectivity index (χ0) is 14.5. The van der Waals surface area contributed by atoms with Crippen molar-refractivity contribution in [1.82, 2.24) is 19.7 Å². The third-order valence-electron chi connectivity index (χ3n) is 2.93. The van der Waals surface area contributed by atoms with Gasteiger partial charge in [0.05, 0.1) is 6.54 Å². The topological polar surface area (TPSA) is 67.7 Å². The van der Waals surface area contributed by atoms with E-state index in [0.29, 0.717) is 5.92 Å². The third kappa shape index (κ3) is 3.69. The minimum atomic E-state index is 0.231. The first-order chi connectivity index (χ1) is 9.58. The molecule has 0 radical (unpaired) electrons. The molecular formula is C14H22N6. The lowest BCUT2D eigenvalue weighted by Crippen LogP contribution is -2.23. The quantitative estimate of drug-likeness (QED) is 0.846. The molecule has 1 unspecified atom stereocenters. The van der Waals surface area contributed by atoms with Gasteiger partial charge in [-0.3, -0.25) is 4.68 Å². The van der Waals surface area contributed by atoms with Crippen molar-refractivity contribution in [2.24, 2.45) is 0 Å². The van der Waals surface area contributed by atoms with Gasteiger partial charge in [-0.05, 0) is 13.0 Å². The fourth-order valence-corrected chi connectivity index (χ4v) is 1.91. The molecule has 0 fully saturated rings. The molecule has 2 heterocycles. The van der Waals surface area contributed by atoms with Crippen molar-refractivity contribution in [2.45, 2.75) is 39.3 Å². The summed E-state index contributed by atoms with van der Waals surface area (Å²) in [5.41, 5.74) is 0. The number of anilines is 2. The first-order valence-corrected chi connectivity index (χ1v) is 6.89. The molecule has 0 aliphatic rings. The van der Waals surface area contributed by atoms with Gasteiger partial charge in [0.25, 0.3) is 0 Å². The van der Waals surface area contributed by atoms with Gasteiger partial charge in [0.1, 0.15) is 17.5 Å². The Morgan fingerprint density at radius 3 is 2.55 bits per heavy atom. The zero-order valence-electron chi connectivity index (χ0n) is 12.5. The van der Waals surface area contributed by atoms with E-state index in [9.17, 15) is 0 Å². The molecule has 0 bridgehead atoms. The zero-order valence-corrected chi connectivity index (χ0v) is 12.5. The van der Waals surface area contributed by atoms with Gasteiger partial charge in [-0.2, -0.15) is 5.10 Å². The van der Waals surface area contributed by atoms with Crippen LogP contribution in [0.15, 0.2) is 24.5 Å². The van der Waals surface area contributed by atoms with Crippen LogP contribution in [0, 0.1) is 0 Å². The van der Waals surface area contributed by atoms with Crippen molar-refractivity contribution in [3.8, 4) is 0 Å². The average molecular weight is 274 g/mol. The molecular weight excluding hydrogens is 252 g/mol. The van der Waals surface area contributed by atoms with E-state index >= 15 is 0 Å². The molecule has 0 saturated heterocycles. The highest BCUT2D eigenvalue weighted by Crippen LogP contribution is 2.17. The van der Waals surface area contributed by atoms with E-state index < -0.39 is 0 Å². The van der Waals surface area contributed by atoms with Crippen LogP contribution in [-0.2, 0) is 6.54 Å². The average Bonchev–Trinajstić information content (AvgIpc) is 2.90. The van der Waals surface area contributed by atoms with Crippen LogP contribution in [0.1, 0.15) is 32.5 Å². The number of rotatable bonds is 6. The van der Waals surface area contributed by atoms with Crippen LogP contribution >= 0.6 is 0 Å². The van der Waals surface area contributed by atoms with Crippen molar-refractivity contribution in [3.05, 3.63) is 30.4 Å². The summed E-state index contributed by atoms with van der Waals surface area (Å²) in [6.07, 6.45) is 3.74. The Morgan fingerprint density at radius 2 is 1.95 bits per heavy atom. The summed E-state index contributed by atoms with van der Waals surface area (Å²) in [7, 11) is 1.86. The van der Waals surface area contributed by atoms with E-state index in [-0.39, 0.29) is 6.04 Å². The van der Waals surface area contributed by atoms with Crippen LogP contribution < -0.4 is 10.6 Å². The Morgan fingerprint density at radius 1 is 1.20 bits per heavy atom. The lowest BCUT2D eigenvalue weighted by atomic mass is 10.2. The van der Waals surface area contributed by atoms with Crippen LogP contribution in [-0.4, -0.2) is 32.8 Å². The third-order valence-corrected chi connectivity index (χ3v) is 2.93. The molecule has 108 valence electrons. The second-order valence-corrected chi connectivity index (χ2v) is 5.17. The SMILES string of the molecule is CNc1cc(NC(C)Cn2cccn2)nc(C(C)C)n1. The van der Waals surface area contributed by atoms with E-state index in [2.05, 4.69) is 46.5 Å². The molecule has 2 rings (SSSR count). The Balaban J connectivity index is 2.09. The van der Waals surface area contributed by atoms with Crippen molar-refractivity contribution in [1.29, 1.82) is 0 Å². The van der Waals surface area contributed by atoms with Crippen LogP contribution in [0.2, 0.25) is 0 Å². The van der Waals surface area contributed by atoms with Crippen molar-refractivity contribution in [2.75, 3.05) is 17.7 Å². The maximum atomic E-state index is 4.56. The second-order valence-electron chi connectivity index (χ2n) is 5.17. The Hall–Kier alpha value is -2.11. The van der Waals surface area contributed by atoms with Gasteiger partial charge >= 0.3 is 0 Å². The number of hydrogen-bond acceptors (Lipinski definition) is 5. The molecule has 6 heteroatoms. The molecule has 2 N–H and O–H groups in total. The van der Waals surface area contributed by atoms with Crippen molar-refractivity contribution >= 4 is 11.6 Å². The molecule has 2 aromatic heterocycles. The highest BCUT2D eigenvalue weighted by atomic mass is 15.3. The summed E-state index contributed by atoms with van der Waals surface area (Å²) in [4.78, 5) is 9.01. The second kappa shape index (κ2) is 6.36. The fourth-order valence-electron chi connectivity index (χ4n) is 1.91. The van der Waals surface area contributed by atoms with Crippen molar-refractivity contribution < 1.29 is 0 Å². The van der Waals surface area contributed by atoms with Gasteiger partial charge in [-0.1, -0.05) is 13.8 Å². The lowest BCUT2D eigenvalue weighted by Gasteiger charge is -2.16. The molecule has 2 aromatic rings. The normalized spacial score (nSPS) is 12.4. The van der Waals surface area contributed by atoms with Gasteiger partial charge < -0.3 is 10.6 Å². The Kier molecular flexibility index (Phi) is 4.55. The van der Waals surface area contributed by atoms with E-state index in [1.165, 1.54) is 0 Å². The van der Waals surface area contributed by atoms with Gasteiger partial charge in [0, 0.05) is 37.5 Å². The number of aromatic nitrogens is 4. The van der Waals surface area contributed by atoms with E-state index in [4.69, 9.17) is 0 Å². The van der Waals surface area contributed by atoms with E-state index in [1.807, 2.05) is 30.1 Å². The summed E-state index contributed by atoms with van der Waals surface area (Å²) >= 11 is 0. The Bertz CT molecular complexity index is 535. The summed E-state index contributed by atoms with van der Waals surface area (Å²) in [6, 6.07) is 4.08. The minimum absolute atomic E-state index is 0.231. The van der Waals surface area contributed by atoms with Gasteiger partial charge in [0.15, 0.2) is 0 Å². The summed E-state index contributed by atoms with van der Waals surface area (Å²) < 4.78 is 1.90. The molecule has 0 aromatic carbocycles. The number of nitrogens with zero attached hydrogens (tertiary/aromatic N) is 4. The van der Waals surface area contributed by atoms with Gasteiger partial charge in [0.2, 0.25) is 0 Å². The standard InChI is InChI=1S/C14H22N6/c1-10(2)14-18-12(15-4)8-13(19-14)17-11(3)9-20-7-5-6-16-20/h5-8,10-11H,9H2,1-4H3,(H2,15,17,18,19). The number of nitrogens with one attached hydrogen (secondary N) is 2. The first kappa shape index (κ1) is 14.3. The summed E-state index contributed by atoms with van der Waals surface area (Å²) in [6.45, 7) is 7.08. The lowest BCUT2D eigenvalue weighted by molar-refractivity contribution is 0.559. The van der Waals surface area contributed by atoms with Crippen LogP contribution in [0.3, 0.4) is 0 Å². The smallest absolute Gasteiger partial charge is 0.135 e. The molecule has 1 atom stereocenters. The molecule has 0 saturated carbocycles. The predicted octanol–water partition coefficient (Wildman–Crippen LogP) is 2.34. The van der Waals surface area contributed by atoms with Crippen molar-refractivity contribution in [3.63, 3.8) is 0 Å². The molecule has 0 spiro atoms. The molecule has 0 aliphatic carbocycles. The highest BCUT2D eigenvalue weighted by molar-refractivity contribution is 5.47. The van der Waals surface area contributed by atoms with E-state index in [0.717, 1.165) is 24.0 Å². The van der Waals surface area contributed by atoms with Crippen LogP contribution in [0.4, 0.5) is 11.6 Å².